The van der Waals surface area contributed by atoms with Crippen molar-refractivity contribution in [3.63, 3.8) is 0 Å². The molecule has 1 radical (unpaired) electrons. The normalized spacial score (nSPS) is 13.2. The van der Waals surface area contributed by atoms with E-state index in [1.807, 2.05) is 0 Å². The number of allylic oxidation sites excluding steroid dienone is 1. The van der Waals surface area contributed by atoms with Crippen LogP contribution in [0.2, 0.25) is 0 Å². The van der Waals surface area contributed by atoms with Gasteiger partial charge < -0.3 is 0 Å². The summed E-state index contributed by atoms with van der Waals surface area (Å²) in [5.74, 6) is 0. The molecule has 0 unspecified atom stereocenters. The molecule has 1 aliphatic rings. The molecule has 0 fully saturated rings. The van der Waals surface area contributed by atoms with Crippen molar-refractivity contribution in [2.75, 3.05) is 0 Å². The van der Waals surface area contributed by atoms with E-state index < -0.39 is 0 Å². The third-order valence-electron chi connectivity index (χ3n) is 2.09. The summed E-state index contributed by atoms with van der Waals surface area (Å²) in [5.41, 5.74) is 4.17. The standard InChI is InChI=1S/C11H11.Na.H/c1-2-9-7-10-5-3-4-6-11(10)8-9;;/h3-8H,2H2,1H3;;. The second-order valence-electron chi connectivity index (χ2n) is 2.85. The Morgan fingerprint density at radius 1 is 1.08 bits per heavy atom. The van der Waals surface area contributed by atoms with Crippen LogP contribution in [0.5, 0.6) is 0 Å². The number of rotatable bonds is 1. The Hall–Kier alpha value is -0.0400. The summed E-state index contributed by atoms with van der Waals surface area (Å²) in [6.07, 6.45) is 5.65. The Kier molecular flexibility index (Phi) is 3.57. The van der Waals surface area contributed by atoms with Crippen LogP contribution in [0, 0.1) is 6.42 Å². The van der Waals surface area contributed by atoms with Crippen molar-refractivity contribution < 1.29 is 0 Å². The predicted molar refractivity (Wildman–Crippen MR) is 55.3 cm³/mol. The van der Waals surface area contributed by atoms with Gasteiger partial charge in [0, 0.05) is 6.42 Å². The summed E-state index contributed by atoms with van der Waals surface area (Å²) in [5, 5.41) is 0. The van der Waals surface area contributed by atoms with Crippen LogP contribution >= 0.6 is 0 Å². The minimum absolute atomic E-state index is 0. The Bertz CT molecular complexity index is 300. The molecular formula is C11H12Na. The summed E-state index contributed by atoms with van der Waals surface area (Å²) < 4.78 is 0. The van der Waals surface area contributed by atoms with Crippen molar-refractivity contribution in [2.45, 2.75) is 13.3 Å². The third-order valence-corrected chi connectivity index (χ3v) is 2.09. The molecule has 57 valence electrons. The molecule has 0 saturated heterocycles. The number of hydrogen-bond acceptors (Lipinski definition) is 0. The molecule has 0 aromatic heterocycles. The van der Waals surface area contributed by atoms with Gasteiger partial charge in [0.25, 0.3) is 0 Å². The molecular weight excluding hydrogens is 155 g/mol. The topological polar surface area (TPSA) is 0 Å². The summed E-state index contributed by atoms with van der Waals surface area (Å²) in [6, 6.07) is 8.49. The van der Waals surface area contributed by atoms with Gasteiger partial charge in [-0.25, -0.2) is 0 Å². The van der Waals surface area contributed by atoms with E-state index >= 15 is 0 Å². The van der Waals surface area contributed by atoms with Crippen molar-refractivity contribution in [1.29, 1.82) is 0 Å². The Morgan fingerprint density at radius 2 is 1.75 bits per heavy atom. The maximum absolute atomic E-state index is 2.26. The molecule has 0 saturated carbocycles. The van der Waals surface area contributed by atoms with Crippen LogP contribution in [0.1, 0.15) is 24.5 Å². The molecule has 0 nitrogen and oxygen atoms in total. The van der Waals surface area contributed by atoms with Gasteiger partial charge in [0.2, 0.25) is 0 Å². The molecule has 0 spiro atoms. The second kappa shape index (κ2) is 4.27. The SMILES string of the molecule is CCC1=Cc2ccccc2[CH]1.[NaH]. The molecule has 2 rings (SSSR count). The van der Waals surface area contributed by atoms with Crippen LogP contribution < -0.4 is 0 Å². The monoisotopic (exact) mass is 167 g/mol. The van der Waals surface area contributed by atoms with Crippen LogP contribution in [0.4, 0.5) is 0 Å². The van der Waals surface area contributed by atoms with E-state index in [0.717, 1.165) is 6.42 Å². The van der Waals surface area contributed by atoms with Gasteiger partial charge in [-0.15, -0.1) is 0 Å². The van der Waals surface area contributed by atoms with Crippen LogP contribution in [-0.2, 0) is 0 Å². The first-order valence-electron chi connectivity index (χ1n) is 4.04. The first-order chi connectivity index (χ1) is 5.40. The molecule has 0 aliphatic heterocycles. The first kappa shape index (κ1) is 10.0. The van der Waals surface area contributed by atoms with E-state index in [2.05, 4.69) is 43.7 Å². The molecule has 1 aliphatic carbocycles. The van der Waals surface area contributed by atoms with Gasteiger partial charge in [-0.05, 0) is 17.5 Å². The van der Waals surface area contributed by atoms with E-state index in [1.54, 1.807) is 0 Å². The molecule has 1 aromatic carbocycles. The van der Waals surface area contributed by atoms with E-state index in [1.165, 1.54) is 16.7 Å². The Balaban J connectivity index is 0.000000720. The average Bonchev–Trinajstić information content (AvgIpc) is 2.46. The molecule has 0 atom stereocenters. The Morgan fingerprint density at radius 3 is 2.33 bits per heavy atom. The van der Waals surface area contributed by atoms with Gasteiger partial charge in [0.05, 0.1) is 0 Å². The van der Waals surface area contributed by atoms with E-state index in [0.29, 0.717) is 0 Å². The fraction of sp³-hybridized carbons (Fsp3) is 0.182. The summed E-state index contributed by atoms with van der Waals surface area (Å²) in [7, 11) is 0. The molecule has 0 heterocycles. The van der Waals surface area contributed by atoms with Crippen LogP contribution in [-0.4, -0.2) is 29.6 Å². The predicted octanol–water partition coefficient (Wildman–Crippen LogP) is 2.40. The number of fused-ring (bicyclic) bond motifs is 1. The van der Waals surface area contributed by atoms with Gasteiger partial charge in [0.1, 0.15) is 0 Å². The van der Waals surface area contributed by atoms with Gasteiger partial charge >= 0.3 is 29.6 Å². The molecule has 1 aromatic rings. The first-order valence-corrected chi connectivity index (χ1v) is 4.04. The van der Waals surface area contributed by atoms with Crippen molar-refractivity contribution in [2.24, 2.45) is 0 Å². The number of hydrogen-bond donors (Lipinski definition) is 0. The minimum atomic E-state index is 0. The van der Waals surface area contributed by atoms with Crippen LogP contribution in [0.3, 0.4) is 0 Å². The van der Waals surface area contributed by atoms with Gasteiger partial charge in [-0.1, -0.05) is 42.8 Å². The van der Waals surface area contributed by atoms with Gasteiger partial charge in [-0.3, -0.25) is 0 Å². The third kappa shape index (κ3) is 1.82. The van der Waals surface area contributed by atoms with Crippen molar-refractivity contribution in [3.05, 3.63) is 47.4 Å². The fourth-order valence-electron chi connectivity index (χ4n) is 1.42. The van der Waals surface area contributed by atoms with Crippen molar-refractivity contribution in [1.82, 2.24) is 0 Å². The quantitative estimate of drug-likeness (QED) is 0.563. The van der Waals surface area contributed by atoms with Crippen molar-refractivity contribution >= 4 is 35.6 Å². The maximum atomic E-state index is 2.26. The van der Waals surface area contributed by atoms with E-state index in [-0.39, 0.29) is 29.6 Å². The molecule has 0 bridgehead atoms. The molecule has 0 amide bonds. The number of benzene rings is 1. The van der Waals surface area contributed by atoms with Crippen LogP contribution in [0.15, 0.2) is 29.8 Å². The Labute approximate surface area is 96.0 Å². The summed E-state index contributed by atoms with van der Waals surface area (Å²) >= 11 is 0. The van der Waals surface area contributed by atoms with E-state index in [9.17, 15) is 0 Å². The zero-order valence-electron chi connectivity index (χ0n) is 6.67. The zero-order chi connectivity index (χ0) is 7.68. The summed E-state index contributed by atoms with van der Waals surface area (Å²) in [6.45, 7) is 2.19. The molecule has 0 N–H and O–H groups in total. The van der Waals surface area contributed by atoms with E-state index in [4.69, 9.17) is 0 Å². The molecule has 1 heteroatoms. The average molecular weight is 167 g/mol. The van der Waals surface area contributed by atoms with Crippen molar-refractivity contribution in [3.8, 4) is 0 Å². The van der Waals surface area contributed by atoms with Gasteiger partial charge in [-0.2, -0.15) is 0 Å². The zero-order valence-corrected chi connectivity index (χ0v) is 6.67. The molecule has 12 heavy (non-hydrogen) atoms. The summed E-state index contributed by atoms with van der Waals surface area (Å²) in [4.78, 5) is 0. The second-order valence-corrected chi connectivity index (χ2v) is 2.85. The van der Waals surface area contributed by atoms with Crippen LogP contribution in [0.25, 0.3) is 6.08 Å². The fourth-order valence-corrected chi connectivity index (χ4v) is 1.42. The van der Waals surface area contributed by atoms with Gasteiger partial charge in [0.15, 0.2) is 0 Å².